The summed E-state index contributed by atoms with van der Waals surface area (Å²) >= 11 is 0. The smallest absolute Gasteiger partial charge is 0.296 e. The fraction of sp³-hybridized carbons (Fsp3) is 0.111. The van der Waals surface area contributed by atoms with Gasteiger partial charge in [-0.25, -0.2) is 0 Å². The summed E-state index contributed by atoms with van der Waals surface area (Å²) in [5.41, 5.74) is 1.77. The van der Waals surface area contributed by atoms with Gasteiger partial charge in [-0.15, -0.1) is 0 Å². The molecule has 0 radical (unpaired) electrons. The topological polar surface area (TPSA) is 75.6 Å². The first-order chi connectivity index (χ1) is 11.0. The van der Waals surface area contributed by atoms with Gasteiger partial charge in [0, 0.05) is 11.6 Å². The van der Waals surface area contributed by atoms with Crippen molar-refractivity contribution < 1.29 is 19.4 Å². The van der Waals surface area contributed by atoms with Crippen molar-refractivity contribution in [3.05, 3.63) is 65.7 Å². The zero-order valence-corrected chi connectivity index (χ0v) is 12.9. The zero-order valence-electron chi connectivity index (χ0n) is 12.9. The Labute approximate surface area is 134 Å². The number of ether oxygens (including phenoxy) is 1. The second kappa shape index (κ2) is 7.26. The van der Waals surface area contributed by atoms with Crippen molar-refractivity contribution in [1.29, 1.82) is 0 Å². The third-order valence-corrected chi connectivity index (χ3v) is 3.16. The molecule has 118 valence electrons. The van der Waals surface area contributed by atoms with E-state index in [0.717, 1.165) is 11.6 Å². The number of aryl methyl sites for hydroxylation is 1. The Bertz CT molecular complexity index is 751. The van der Waals surface area contributed by atoms with Gasteiger partial charge in [0.2, 0.25) is 5.78 Å². The molecule has 2 aromatic carbocycles. The van der Waals surface area contributed by atoms with Crippen molar-refractivity contribution in [3.63, 3.8) is 0 Å². The van der Waals surface area contributed by atoms with E-state index in [-0.39, 0.29) is 5.76 Å². The van der Waals surface area contributed by atoms with Crippen LogP contribution >= 0.6 is 0 Å². The molecule has 0 spiro atoms. The maximum Gasteiger partial charge on any atom is 0.296 e. The summed E-state index contributed by atoms with van der Waals surface area (Å²) in [6.07, 6.45) is 0.896. The van der Waals surface area contributed by atoms with E-state index in [9.17, 15) is 14.7 Å². The number of rotatable bonds is 5. The van der Waals surface area contributed by atoms with Crippen LogP contribution in [-0.4, -0.2) is 23.9 Å². The van der Waals surface area contributed by atoms with E-state index in [1.165, 1.54) is 7.11 Å². The number of hydrogen-bond acceptors (Lipinski definition) is 4. The molecule has 0 bridgehead atoms. The predicted molar refractivity (Wildman–Crippen MR) is 88.4 cm³/mol. The Morgan fingerprint density at radius 2 is 1.83 bits per heavy atom. The number of aliphatic hydroxyl groups excluding tert-OH is 1. The summed E-state index contributed by atoms with van der Waals surface area (Å²) in [6.45, 7) is 1.86. The number of benzene rings is 2. The van der Waals surface area contributed by atoms with Gasteiger partial charge in [0.05, 0.1) is 12.8 Å². The molecule has 0 saturated carbocycles. The van der Waals surface area contributed by atoms with Gasteiger partial charge in [0.25, 0.3) is 5.91 Å². The molecule has 2 N–H and O–H groups in total. The van der Waals surface area contributed by atoms with E-state index in [4.69, 9.17) is 4.74 Å². The Balaban J connectivity index is 2.15. The quantitative estimate of drug-likeness (QED) is 0.505. The average molecular weight is 311 g/mol. The van der Waals surface area contributed by atoms with Crippen LogP contribution in [0.5, 0.6) is 5.75 Å². The lowest BCUT2D eigenvalue weighted by Gasteiger charge is -2.10. The number of carbonyl (C=O) groups is 2. The number of ketones is 1. The van der Waals surface area contributed by atoms with Gasteiger partial charge in [0.1, 0.15) is 11.5 Å². The van der Waals surface area contributed by atoms with Crippen LogP contribution in [0.1, 0.15) is 11.1 Å². The summed E-state index contributed by atoms with van der Waals surface area (Å²) in [5.74, 6) is -1.51. The summed E-state index contributed by atoms with van der Waals surface area (Å²) in [4.78, 5) is 23.9. The summed E-state index contributed by atoms with van der Waals surface area (Å²) < 4.78 is 5.14. The molecule has 0 aliphatic heterocycles. The second-order valence-corrected chi connectivity index (χ2v) is 4.92. The van der Waals surface area contributed by atoms with E-state index in [2.05, 4.69) is 5.32 Å². The maximum absolute atomic E-state index is 12.0. The molecule has 0 heterocycles. The number of hydrogen-bond donors (Lipinski definition) is 2. The molecule has 23 heavy (non-hydrogen) atoms. The Morgan fingerprint density at radius 1 is 1.13 bits per heavy atom. The minimum Gasteiger partial charge on any atom is -0.507 e. The van der Waals surface area contributed by atoms with Crippen molar-refractivity contribution in [2.75, 3.05) is 12.4 Å². The highest BCUT2D eigenvalue weighted by molar-refractivity contribution is 6.45. The third-order valence-electron chi connectivity index (χ3n) is 3.16. The summed E-state index contributed by atoms with van der Waals surface area (Å²) in [7, 11) is 1.48. The van der Waals surface area contributed by atoms with Crippen LogP contribution in [0.25, 0.3) is 5.76 Å². The van der Waals surface area contributed by atoms with Crippen molar-refractivity contribution in [2.24, 2.45) is 0 Å². The zero-order chi connectivity index (χ0) is 16.8. The molecular weight excluding hydrogens is 294 g/mol. The molecule has 2 rings (SSSR count). The lowest BCUT2D eigenvalue weighted by Crippen LogP contribution is -2.21. The molecule has 1 amide bonds. The number of methoxy groups -OCH3 is 1. The number of amides is 1. The van der Waals surface area contributed by atoms with E-state index in [1.807, 2.05) is 13.0 Å². The fourth-order valence-electron chi connectivity index (χ4n) is 1.99. The highest BCUT2D eigenvalue weighted by Crippen LogP contribution is 2.25. The SMILES string of the molecule is COc1ccc(C)cc1NC(=O)C(=O)C=C(O)c1ccccc1. The third kappa shape index (κ3) is 4.20. The van der Waals surface area contributed by atoms with E-state index in [0.29, 0.717) is 17.0 Å². The van der Waals surface area contributed by atoms with Crippen molar-refractivity contribution >= 4 is 23.1 Å². The molecule has 0 atom stereocenters. The lowest BCUT2D eigenvalue weighted by atomic mass is 10.1. The molecule has 0 fully saturated rings. The van der Waals surface area contributed by atoms with E-state index >= 15 is 0 Å². The van der Waals surface area contributed by atoms with Crippen LogP contribution in [0.3, 0.4) is 0 Å². The number of aliphatic hydroxyl groups is 1. The number of anilines is 1. The standard InChI is InChI=1S/C18H17NO4/c1-12-8-9-17(23-2)14(10-12)19-18(22)16(21)11-15(20)13-6-4-3-5-7-13/h3-11,20H,1-2H3,(H,19,22). The van der Waals surface area contributed by atoms with Crippen molar-refractivity contribution in [1.82, 2.24) is 0 Å². The molecule has 2 aromatic rings. The molecular formula is C18H17NO4. The molecule has 0 aromatic heterocycles. The first kappa shape index (κ1) is 16.3. The maximum atomic E-state index is 12.0. The summed E-state index contributed by atoms with van der Waals surface area (Å²) in [6, 6.07) is 13.7. The minimum absolute atomic E-state index is 0.262. The van der Waals surface area contributed by atoms with Crippen LogP contribution < -0.4 is 10.1 Å². The largest absolute Gasteiger partial charge is 0.507 e. The molecule has 0 saturated heterocycles. The first-order valence-electron chi connectivity index (χ1n) is 6.97. The molecule has 0 unspecified atom stereocenters. The van der Waals surface area contributed by atoms with Gasteiger partial charge >= 0.3 is 0 Å². The van der Waals surface area contributed by atoms with E-state index in [1.54, 1.807) is 42.5 Å². The lowest BCUT2D eigenvalue weighted by molar-refractivity contribution is -0.132. The van der Waals surface area contributed by atoms with E-state index < -0.39 is 11.7 Å². The van der Waals surface area contributed by atoms with Gasteiger partial charge in [-0.3, -0.25) is 9.59 Å². The normalized spacial score (nSPS) is 11.0. The Kier molecular flexibility index (Phi) is 5.15. The molecule has 5 nitrogen and oxygen atoms in total. The first-order valence-corrected chi connectivity index (χ1v) is 6.97. The van der Waals surface area contributed by atoms with Gasteiger partial charge in [-0.05, 0) is 24.6 Å². The second-order valence-electron chi connectivity index (χ2n) is 4.92. The number of carbonyl (C=O) groups excluding carboxylic acids is 2. The Morgan fingerprint density at radius 3 is 2.48 bits per heavy atom. The monoisotopic (exact) mass is 311 g/mol. The Hall–Kier alpha value is -3.08. The highest BCUT2D eigenvalue weighted by atomic mass is 16.5. The van der Waals surface area contributed by atoms with Gasteiger partial charge in [-0.1, -0.05) is 36.4 Å². The van der Waals surface area contributed by atoms with Crippen LogP contribution in [0.2, 0.25) is 0 Å². The van der Waals surface area contributed by atoms with Gasteiger partial charge in [-0.2, -0.15) is 0 Å². The molecule has 5 heteroatoms. The van der Waals surface area contributed by atoms with Crippen LogP contribution in [0, 0.1) is 6.92 Å². The van der Waals surface area contributed by atoms with Crippen LogP contribution in [0.15, 0.2) is 54.6 Å². The van der Waals surface area contributed by atoms with Gasteiger partial charge in [0.15, 0.2) is 0 Å². The number of nitrogens with one attached hydrogen (secondary N) is 1. The average Bonchev–Trinajstić information content (AvgIpc) is 2.55. The molecule has 0 aliphatic carbocycles. The van der Waals surface area contributed by atoms with Crippen molar-refractivity contribution in [2.45, 2.75) is 6.92 Å². The fourth-order valence-corrected chi connectivity index (χ4v) is 1.99. The highest BCUT2D eigenvalue weighted by Gasteiger charge is 2.15. The minimum atomic E-state index is -0.852. The molecule has 0 aliphatic rings. The predicted octanol–water partition coefficient (Wildman–Crippen LogP) is 3.11. The summed E-state index contributed by atoms with van der Waals surface area (Å²) in [5, 5.41) is 12.4. The van der Waals surface area contributed by atoms with Gasteiger partial charge < -0.3 is 15.2 Å². The van der Waals surface area contributed by atoms with Crippen LogP contribution in [0.4, 0.5) is 5.69 Å². The van der Waals surface area contributed by atoms with Crippen molar-refractivity contribution in [3.8, 4) is 5.75 Å². The van der Waals surface area contributed by atoms with Crippen LogP contribution in [-0.2, 0) is 9.59 Å².